The van der Waals surface area contributed by atoms with Crippen LogP contribution < -0.4 is 15.4 Å². The van der Waals surface area contributed by atoms with E-state index in [1.54, 1.807) is 7.05 Å². The molecule has 0 aliphatic rings. The van der Waals surface area contributed by atoms with Crippen LogP contribution in [0.3, 0.4) is 0 Å². The zero-order chi connectivity index (χ0) is 20.8. The lowest BCUT2D eigenvalue weighted by Crippen LogP contribution is -2.39. The highest BCUT2D eigenvalue weighted by Gasteiger charge is 2.13. The maximum atomic E-state index is 5.91. The second-order valence-electron chi connectivity index (χ2n) is 7.04. The molecule has 0 radical (unpaired) electrons. The molecule has 1 atom stereocenters. The number of hydrogen-bond donors (Lipinski definition) is 2. The molecule has 0 saturated carbocycles. The Morgan fingerprint density at radius 2 is 1.89 bits per heavy atom. The summed E-state index contributed by atoms with van der Waals surface area (Å²) in [6.45, 7) is 14.5. The van der Waals surface area contributed by atoms with Crippen LogP contribution in [0.5, 0.6) is 5.75 Å². The van der Waals surface area contributed by atoms with Gasteiger partial charge < -0.3 is 24.8 Å². The number of benzene rings is 1. The van der Waals surface area contributed by atoms with Crippen molar-refractivity contribution in [1.82, 2.24) is 10.6 Å². The molecular formula is C22H39N3O3. The van der Waals surface area contributed by atoms with Crippen LogP contribution >= 0.6 is 0 Å². The van der Waals surface area contributed by atoms with E-state index < -0.39 is 0 Å². The zero-order valence-corrected chi connectivity index (χ0v) is 18.5. The Hall–Kier alpha value is -1.79. The number of rotatable bonds is 13. The van der Waals surface area contributed by atoms with E-state index in [0.29, 0.717) is 32.3 Å². The molecule has 0 aliphatic carbocycles. The molecule has 0 heterocycles. The van der Waals surface area contributed by atoms with Gasteiger partial charge in [0.1, 0.15) is 12.4 Å². The minimum absolute atomic E-state index is 0.262. The van der Waals surface area contributed by atoms with Gasteiger partial charge in [-0.3, -0.25) is 4.99 Å². The second-order valence-corrected chi connectivity index (χ2v) is 7.04. The van der Waals surface area contributed by atoms with E-state index in [2.05, 4.69) is 54.6 Å². The maximum Gasteiger partial charge on any atom is 0.191 e. The summed E-state index contributed by atoms with van der Waals surface area (Å²) in [6.07, 6.45) is 1.21. The Morgan fingerprint density at radius 1 is 1.11 bits per heavy atom. The van der Waals surface area contributed by atoms with Gasteiger partial charge in [-0.2, -0.15) is 0 Å². The van der Waals surface area contributed by atoms with Crippen molar-refractivity contribution in [1.29, 1.82) is 0 Å². The first-order valence-electron chi connectivity index (χ1n) is 10.4. The third-order valence-electron chi connectivity index (χ3n) is 4.43. The first-order chi connectivity index (χ1) is 13.5. The fraction of sp³-hybridized carbons (Fsp3) is 0.682. The van der Waals surface area contributed by atoms with Gasteiger partial charge in [0.15, 0.2) is 5.96 Å². The normalized spacial score (nSPS) is 12.9. The minimum atomic E-state index is 0.262. The van der Waals surface area contributed by atoms with Gasteiger partial charge in [-0.1, -0.05) is 26.0 Å². The Kier molecular flexibility index (Phi) is 12.3. The van der Waals surface area contributed by atoms with Crippen molar-refractivity contribution in [2.75, 3.05) is 40.0 Å². The summed E-state index contributed by atoms with van der Waals surface area (Å²) in [7, 11) is 1.78. The van der Waals surface area contributed by atoms with Gasteiger partial charge in [-0.25, -0.2) is 0 Å². The summed E-state index contributed by atoms with van der Waals surface area (Å²) in [6, 6.07) is 6.25. The number of aryl methyl sites for hydroxylation is 1. The fourth-order valence-electron chi connectivity index (χ4n) is 2.85. The van der Waals surface area contributed by atoms with Crippen molar-refractivity contribution in [2.24, 2.45) is 10.9 Å². The summed E-state index contributed by atoms with van der Waals surface area (Å²) in [5.74, 6) is 2.17. The molecule has 2 N–H and O–H groups in total. The fourth-order valence-corrected chi connectivity index (χ4v) is 2.85. The number of ether oxygens (including phenoxy) is 3. The Labute approximate surface area is 171 Å². The summed E-state index contributed by atoms with van der Waals surface area (Å²) in [4.78, 5) is 4.32. The quantitative estimate of drug-likeness (QED) is 0.305. The Balaban J connectivity index is 2.54. The van der Waals surface area contributed by atoms with Crippen molar-refractivity contribution in [3.63, 3.8) is 0 Å². The molecule has 0 aromatic heterocycles. The van der Waals surface area contributed by atoms with Crippen molar-refractivity contribution >= 4 is 5.96 Å². The average molecular weight is 394 g/mol. The molecule has 0 aliphatic heterocycles. The molecule has 160 valence electrons. The maximum absolute atomic E-state index is 5.91. The molecule has 0 fully saturated rings. The van der Waals surface area contributed by atoms with Crippen LogP contribution in [0.15, 0.2) is 23.2 Å². The molecule has 6 nitrogen and oxygen atoms in total. The molecule has 1 unspecified atom stereocenters. The van der Waals surface area contributed by atoms with Crippen molar-refractivity contribution in [3.8, 4) is 5.75 Å². The van der Waals surface area contributed by atoms with Crippen molar-refractivity contribution in [2.45, 2.75) is 53.7 Å². The van der Waals surface area contributed by atoms with Gasteiger partial charge >= 0.3 is 0 Å². The molecule has 1 aromatic carbocycles. The molecular weight excluding hydrogens is 354 g/mol. The third-order valence-corrected chi connectivity index (χ3v) is 4.43. The van der Waals surface area contributed by atoms with Gasteiger partial charge in [-0.05, 0) is 44.7 Å². The number of hydrogen-bond acceptors (Lipinski definition) is 4. The monoisotopic (exact) mass is 393 g/mol. The number of nitrogens with zero attached hydrogens (tertiary/aromatic N) is 1. The first-order valence-corrected chi connectivity index (χ1v) is 10.4. The van der Waals surface area contributed by atoms with Crippen LogP contribution in [0.2, 0.25) is 0 Å². The molecule has 1 rings (SSSR count). The molecule has 6 heteroatoms. The second kappa shape index (κ2) is 14.2. The van der Waals surface area contributed by atoms with Crippen LogP contribution in [-0.2, 0) is 16.0 Å². The summed E-state index contributed by atoms with van der Waals surface area (Å²) in [5, 5.41) is 6.74. The first kappa shape index (κ1) is 24.2. The van der Waals surface area contributed by atoms with E-state index >= 15 is 0 Å². The van der Waals surface area contributed by atoms with Crippen molar-refractivity contribution < 1.29 is 14.2 Å². The van der Waals surface area contributed by atoms with E-state index in [4.69, 9.17) is 14.2 Å². The highest BCUT2D eigenvalue weighted by molar-refractivity contribution is 5.79. The van der Waals surface area contributed by atoms with Crippen molar-refractivity contribution in [3.05, 3.63) is 29.3 Å². The Bertz CT molecular complexity index is 576. The lowest BCUT2D eigenvalue weighted by molar-refractivity contribution is 0.0258. The van der Waals surface area contributed by atoms with E-state index in [1.165, 1.54) is 5.56 Å². The predicted octanol–water partition coefficient (Wildman–Crippen LogP) is 3.53. The highest BCUT2D eigenvalue weighted by atomic mass is 16.5. The topological polar surface area (TPSA) is 64.1 Å². The van der Waals surface area contributed by atoms with Crippen LogP contribution in [-0.4, -0.2) is 52.1 Å². The average Bonchev–Trinajstić information content (AvgIpc) is 2.68. The predicted molar refractivity (Wildman–Crippen MR) is 116 cm³/mol. The minimum Gasteiger partial charge on any atom is -0.491 e. The Morgan fingerprint density at radius 3 is 2.54 bits per heavy atom. The molecule has 28 heavy (non-hydrogen) atoms. The standard InChI is InChI=1S/C22H39N3O3/c1-7-26-13-14-28-21-15-18(5)9-10-19(21)16-25-22(23-6)24-12-11-20(17(3)4)27-8-2/h9-10,15,17,20H,7-8,11-14,16H2,1-6H3,(H2,23,24,25). The van der Waals surface area contributed by atoms with E-state index in [0.717, 1.165) is 36.8 Å². The lowest BCUT2D eigenvalue weighted by atomic mass is 10.0. The molecule has 1 aromatic rings. The van der Waals surface area contributed by atoms with E-state index in [1.807, 2.05) is 13.8 Å². The van der Waals surface area contributed by atoms with Crippen LogP contribution in [0, 0.1) is 12.8 Å². The number of nitrogens with one attached hydrogen (secondary N) is 2. The van der Waals surface area contributed by atoms with Gasteiger partial charge in [0.05, 0.1) is 12.7 Å². The largest absolute Gasteiger partial charge is 0.491 e. The third kappa shape index (κ3) is 9.42. The van der Waals surface area contributed by atoms with Crippen LogP contribution in [0.25, 0.3) is 0 Å². The summed E-state index contributed by atoms with van der Waals surface area (Å²) >= 11 is 0. The van der Waals surface area contributed by atoms with Gasteiger partial charge in [-0.15, -0.1) is 0 Å². The lowest BCUT2D eigenvalue weighted by Gasteiger charge is -2.21. The van der Waals surface area contributed by atoms with Gasteiger partial charge in [0.2, 0.25) is 0 Å². The molecule has 0 saturated heterocycles. The van der Waals surface area contributed by atoms with E-state index in [9.17, 15) is 0 Å². The van der Waals surface area contributed by atoms with E-state index in [-0.39, 0.29) is 6.10 Å². The highest BCUT2D eigenvalue weighted by Crippen LogP contribution is 2.20. The summed E-state index contributed by atoms with van der Waals surface area (Å²) in [5.41, 5.74) is 2.27. The van der Waals surface area contributed by atoms with Gasteiger partial charge in [0, 0.05) is 38.9 Å². The number of aliphatic imine (C=N–C) groups is 1. The molecule has 0 spiro atoms. The van der Waals surface area contributed by atoms with Crippen LogP contribution in [0.1, 0.15) is 45.2 Å². The molecule has 0 bridgehead atoms. The summed E-state index contributed by atoms with van der Waals surface area (Å²) < 4.78 is 17.1. The van der Waals surface area contributed by atoms with Crippen LogP contribution in [0.4, 0.5) is 0 Å². The van der Waals surface area contributed by atoms with Gasteiger partial charge in [0.25, 0.3) is 0 Å². The SMILES string of the molecule is CCOCCOc1cc(C)ccc1CNC(=NC)NCCC(OCC)C(C)C. The smallest absolute Gasteiger partial charge is 0.191 e. The molecule has 0 amide bonds. The number of guanidine groups is 1. The zero-order valence-electron chi connectivity index (χ0n) is 18.5.